The molecule has 0 aliphatic rings. The van der Waals surface area contributed by atoms with Gasteiger partial charge in [0.15, 0.2) is 0 Å². The number of fused-ring (bicyclic) bond motifs is 1. The molecule has 1 N–H and O–H groups in total. The molecule has 214 valence electrons. The van der Waals surface area contributed by atoms with E-state index in [9.17, 15) is 9.59 Å². The standard InChI is InChI=1S/C34H35N5O3/c1-23(2)25-13-15-26(16-14-25)33(34(41)35-28-17-19-29(42-4)20-18-28)38(21-27-10-6-5-9-24(27)3)32(40)22-39-31-12-8-7-11-30(31)36-37-39/h5-20,23,33H,21-22H2,1-4H3,(H,35,41)/t33-/m1/s1. The van der Waals surface area contributed by atoms with Gasteiger partial charge in [-0.15, -0.1) is 5.10 Å². The molecule has 2 amide bonds. The number of methoxy groups -OCH3 is 1. The molecule has 0 fully saturated rings. The summed E-state index contributed by atoms with van der Waals surface area (Å²) in [6.07, 6.45) is 0. The maximum absolute atomic E-state index is 14.2. The average Bonchev–Trinajstić information content (AvgIpc) is 3.41. The zero-order valence-electron chi connectivity index (χ0n) is 24.3. The highest BCUT2D eigenvalue weighted by Gasteiger charge is 2.32. The molecule has 8 nitrogen and oxygen atoms in total. The molecule has 1 aromatic heterocycles. The van der Waals surface area contributed by atoms with Gasteiger partial charge in [-0.05, 0) is 71.5 Å². The lowest BCUT2D eigenvalue weighted by molar-refractivity contribution is -0.140. The number of hydrogen-bond acceptors (Lipinski definition) is 5. The molecule has 0 spiro atoms. The second-order valence-corrected chi connectivity index (χ2v) is 10.6. The summed E-state index contributed by atoms with van der Waals surface area (Å²) in [5.41, 5.74) is 5.92. The van der Waals surface area contributed by atoms with E-state index in [0.29, 0.717) is 22.9 Å². The molecule has 1 heterocycles. The van der Waals surface area contributed by atoms with Gasteiger partial charge in [-0.25, -0.2) is 4.68 Å². The van der Waals surface area contributed by atoms with Crippen molar-refractivity contribution in [2.75, 3.05) is 12.4 Å². The molecular weight excluding hydrogens is 526 g/mol. The van der Waals surface area contributed by atoms with E-state index in [1.807, 2.05) is 79.7 Å². The number of benzene rings is 4. The van der Waals surface area contributed by atoms with Crippen LogP contribution in [0.2, 0.25) is 0 Å². The summed E-state index contributed by atoms with van der Waals surface area (Å²) in [5, 5.41) is 11.5. The van der Waals surface area contributed by atoms with Crippen LogP contribution >= 0.6 is 0 Å². The predicted octanol–water partition coefficient (Wildman–Crippen LogP) is 6.28. The summed E-state index contributed by atoms with van der Waals surface area (Å²) < 4.78 is 6.86. The Balaban J connectivity index is 1.56. The minimum Gasteiger partial charge on any atom is -0.497 e. The van der Waals surface area contributed by atoms with E-state index in [2.05, 4.69) is 29.5 Å². The van der Waals surface area contributed by atoms with Gasteiger partial charge in [-0.1, -0.05) is 79.7 Å². The first-order valence-corrected chi connectivity index (χ1v) is 14.0. The number of ether oxygens (including phenoxy) is 1. The molecule has 42 heavy (non-hydrogen) atoms. The number of rotatable bonds is 10. The minimum absolute atomic E-state index is 0.0667. The van der Waals surface area contributed by atoms with E-state index >= 15 is 0 Å². The van der Waals surface area contributed by atoms with E-state index in [4.69, 9.17) is 4.74 Å². The fraction of sp³-hybridized carbons (Fsp3) is 0.235. The maximum Gasteiger partial charge on any atom is 0.251 e. The molecule has 0 unspecified atom stereocenters. The summed E-state index contributed by atoms with van der Waals surface area (Å²) in [6.45, 7) is 6.43. The number of anilines is 1. The van der Waals surface area contributed by atoms with Crippen molar-refractivity contribution in [1.29, 1.82) is 0 Å². The first-order valence-electron chi connectivity index (χ1n) is 14.0. The van der Waals surface area contributed by atoms with Gasteiger partial charge in [0.1, 0.15) is 23.9 Å². The average molecular weight is 562 g/mol. The zero-order valence-corrected chi connectivity index (χ0v) is 24.3. The predicted molar refractivity (Wildman–Crippen MR) is 164 cm³/mol. The smallest absolute Gasteiger partial charge is 0.251 e. The van der Waals surface area contributed by atoms with Gasteiger partial charge in [0, 0.05) is 12.2 Å². The molecule has 0 aliphatic carbocycles. The van der Waals surface area contributed by atoms with Crippen LogP contribution in [0.5, 0.6) is 5.75 Å². The van der Waals surface area contributed by atoms with Crippen LogP contribution in [0.4, 0.5) is 5.69 Å². The van der Waals surface area contributed by atoms with Gasteiger partial charge < -0.3 is 15.0 Å². The Hall–Kier alpha value is -4.98. The van der Waals surface area contributed by atoms with Gasteiger partial charge in [0.2, 0.25) is 5.91 Å². The Bertz CT molecular complexity index is 1680. The van der Waals surface area contributed by atoms with Crippen LogP contribution in [0.15, 0.2) is 97.1 Å². The maximum atomic E-state index is 14.2. The summed E-state index contributed by atoms with van der Waals surface area (Å²) >= 11 is 0. The van der Waals surface area contributed by atoms with Gasteiger partial charge in [-0.3, -0.25) is 9.59 Å². The SMILES string of the molecule is COc1ccc(NC(=O)[C@@H](c2ccc(C(C)C)cc2)N(Cc2ccccc2C)C(=O)Cn2nnc3ccccc32)cc1. The molecule has 5 rings (SSSR count). The van der Waals surface area contributed by atoms with Gasteiger partial charge >= 0.3 is 0 Å². The number of carbonyl (C=O) groups excluding carboxylic acids is 2. The molecule has 0 bridgehead atoms. The van der Waals surface area contributed by atoms with E-state index in [0.717, 1.165) is 27.8 Å². The summed E-state index contributed by atoms with van der Waals surface area (Å²) in [6, 6.07) is 29.6. The quantitative estimate of drug-likeness (QED) is 0.217. The van der Waals surface area contributed by atoms with Crippen molar-refractivity contribution >= 4 is 28.5 Å². The second-order valence-electron chi connectivity index (χ2n) is 10.6. The minimum atomic E-state index is -0.907. The highest BCUT2D eigenvalue weighted by molar-refractivity contribution is 5.98. The molecular formula is C34H35N5O3. The number of nitrogens with one attached hydrogen (secondary N) is 1. The number of aryl methyl sites for hydroxylation is 1. The fourth-order valence-electron chi connectivity index (χ4n) is 4.97. The summed E-state index contributed by atoms with van der Waals surface area (Å²) in [5.74, 6) is 0.445. The van der Waals surface area contributed by atoms with E-state index in [-0.39, 0.29) is 24.9 Å². The van der Waals surface area contributed by atoms with Crippen molar-refractivity contribution < 1.29 is 14.3 Å². The molecule has 0 saturated heterocycles. The van der Waals surface area contributed by atoms with Crippen LogP contribution in [-0.4, -0.2) is 38.8 Å². The Kier molecular flexibility index (Phi) is 8.62. The van der Waals surface area contributed by atoms with Crippen LogP contribution in [-0.2, 0) is 22.7 Å². The lowest BCUT2D eigenvalue weighted by Gasteiger charge is -2.32. The molecule has 8 heteroatoms. The van der Waals surface area contributed by atoms with Crippen molar-refractivity contribution in [2.24, 2.45) is 0 Å². The first kappa shape index (κ1) is 28.5. The fourth-order valence-corrected chi connectivity index (χ4v) is 4.97. The van der Waals surface area contributed by atoms with Crippen molar-refractivity contribution in [3.63, 3.8) is 0 Å². The van der Waals surface area contributed by atoms with Gasteiger partial charge in [0.25, 0.3) is 5.91 Å². The van der Waals surface area contributed by atoms with Crippen molar-refractivity contribution in [3.05, 3.63) is 119 Å². The van der Waals surface area contributed by atoms with Crippen LogP contribution in [0.25, 0.3) is 11.0 Å². The van der Waals surface area contributed by atoms with Crippen molar-refractivity contribution in [1.82, 2.24) is 19.9 Å². The lowest BCUT2D eigenvalue weighted by Crippen LogP contribution is -2.42. The van der Waals surface area contributed by atoms with Crippen LogP contribution in [0.1, 0.15) is 48.1 Å². The van der Waals surface area contributed by atoms with E-state index in [1.165, 1.54) is 0 Å². The van der Waals surface area contributed by atoms with E-state index in [1.54, 1.807) is 41.0 Å². The Labute approximate surface area is 245 Å². The van der Waals surface area contributed by atoms with Crippen LogP contribution in [0.3, 0.4) is 0 Å². The lowest BCUT2D eigenvalue weighted by atomic mass is 9.97. The normalized spacial score (nSPS) is 11.8. The number of hydrogen-bond donors (Lipinski definition) is 1. The Morgan fingerprint density at radius 1 is 0.881 bits per heavy atom. The zero-order chi connectivity index (χ0) is 29.6. The molecule has 1 atom stereocenters. The largest absolute Gasteiger partial charge is 0.497 e. The Morgan fingerprint density at radius 3 is 2.24 bits per heavy atom. The van der Waals surface area contributed by atoms with Crippen LogP contribution < -0.4 is 10.1 Å². The topological polar surface area (TPSA) is 89.4 Å². The molecule has 0 saturated carbocycles. The molecule has 0 radical (unpaired) electrons. The van der Waals surface area contributed by atoms with E-state index < -0.39 is 6.04 Å². The third-order valence-corrected chi connectivity index (χ3v) is 7.46. The van der Waals surface area contributed by atoms with Crippen molar-refractivity contribution in [2.45, 2.75) is 45.8 Å². The third kappa shape index (κ3) is 6.33. The highest BCUT2D eigenvalue weighted by Crippen LogP contribution is 2.29. The number of nitrogens with zero attached hydrogens (tertiary/aromatic N) is 4. The van der Waals surface area contributed by atoms with Crippen LogP contribution in [0, 0.1) is 6.92 Å². The Morgan fingerprint density at radius 2 is 1.55 bits per heavy atom. The number of amides is 2. The van der Waals surface area contributed by atoms with Gasteiger partial charge in [0.05, 0.1) is 12.6 Å². The highest BCUT2D eigenvalue weighted by atomic mass is 16.5. The third-order valence-electron chi connectivity index (χ3n) is 7.46. The number of aromatic nitrogens is 3. The summed E-state index contributed by atoms with van der Waals surface area (Å²) in [4.78, 5) is 30.0. The number of para-hydroxylation sites is 1. The molecule has 4 aromatic carbocycles. The second kappa shape index (κ2) is 12.7. The number of carbonyl (C=O) groups is 2. The van der Waals surface area contributed by atoms with Crippen molar-refractivity contribution in [3.8, 4) is 5.75 Å². The first-order chi connectivity index (χ1) is 20.3. The molecule has 0 aliphatic heterocycles. The monoisotopic (exact) mass is 561 g/mol. The summed E-state index contributed by atoms with van der Waals surface area (Å²) in [7, 11) is 1.60. The molecule has 5 aromatic rings. The van der Waals surface area contributed by atoms with Gasteiger partial charge in [-0.2, -0.15) is 0 Å².